The van der Waals surface area contributed by atoms with E-state index in [1.54, 1.807) is 7.11 Å². The SMILES string of the molecule is COc1cc2c(cc1O)C[C@H]1NCCc3cc4c(c-2c31)OCO4.O=C(O)C(F)(F)F. The van der Waals surface area contributed by atoms with E-state index in [0.717, 1.165) is 47.6 Å². The van der Waals surface area contributed by atoms with Crippen molar-refractivity contribution in [1.29, 1.82) is 0 Å². The number of methoxy groups -OCH3 is 1. The Morgan fingerprint density at radius 1 is 1.23 bits per heavy atom. The Morgan fingerprint density at radius 3 is 2.63 bits per heavy atom. The lowest BCUT2D eigenvalue weighted by molar-refractivity contribution is -0.192. The lowest BCUT2D eigenvalue weighted by Crippen LogP contribution is -2.33. The normalized spacial score (nSPS) is 17.9. The number of ether oxygens (including phenoxy) is 3. The Labute approximate surface area is 169 Å². The van der Waals surface area contributed by atoms with Crippen LogP contribution in [-0.4, -0.2) is 42.8 Å². The second-order valence-corrected chi connectivity index (χ2v) is 7.00. The number of carboxylic acids is 1. The van der Waals surface area contributed by atoms with Crippen LogP contribution < -0.4 is 19.5 Å². The van der Waals surface area contributed by atoms with Crippen LogP contribution in [0.4, 0.5) is 13.2 Å². The number of alkyl halides is 3. The fourth-order valence-electron chi connectivity index (χ4n) is 4.04. The number of hydrogen-bond donors (Lipinski definition) is 3. The summed E-state index contributed by atoms with van der Waals surface area (Å²) in [6.45, 7) is 1.21. The van der Waals surface area contributed by atoms with Gasteiger partial charge in [-0.25, -0.2) is 4.79 Å². The van der Waals surface area contributed by atoms with Crippen molar-refractivity contribution in [3.63, 3.8) is 0 Å². The molecule has 2 aromatic rings. The molecule has 2 aromatic carbocycles. The number of fused-ring (bicyclic) bond motifs is 4. The zero-order chi connectivity index (χ0) is 21.6. The number of hydrogen-bond acceptors (Lipinski definition) is 6. The number of phenolic OH excluding ortho intramolecular Hbond substituents is 1. The molecule has 10 heteroatoms. The molecule has 0 radical (unpaired) electrons. The minimum Gasteiger partial charge on any atom is -0.504 e. The number of halogens is 3. The van der Waals surface area contributed by atoms with Gasteiger partial charge in [-0.2, -0.15) is 13.2 Å². The van der Waals surface area contributed by atoms with E-state index in [2.05, 4.69) is 11.4 Å². The van der Waals surface area contributed by atoms with Crippen molar-refractivity contribution >= 4 is 5.97 Å². The third-order valence-electron chi connectivity index (χ3n) is 5.26. The molecule has 2 aliphatic heterocycles. The highest BCUT2D eigenvalue weighted by Crippen LogP contribution is 2.53. The van der Waals surface area contributed by atoms with Crippen molar-refractivity contribution in [1.82, 2.24) is 5.32 Å². The van der Waals surface area contributed by atoms with Gasteiger partial charge in [-0.05, 0) is 59.8 Å². The summed E-state index contributed by atoms with van der Waals surface area (Å²) in [4.78, 5) is 8.90. The van der Waals surface area contributed by atoms with E-state index in [1.165, 1.54) is 11.1 Å². The molecule has 0 saturated carbocycles. The number of carboxylic acid groups (broad SMARTS) is 1. The van der Waals surface area contributed by atoms with Crippen LogP contribution in [0.5, 0.6) is 23.0 Å². The maximum atomic E-state index is 10.6. The molecule has 0 spiro atoms. The Hall–Kier alpha value is -3.14. The zero-order valence-corrected chi connectivity index (χ0v) is 15.8. The van der Waals surface area contributed by atoms with Crippen LogP contribution in [0.1, 0.15) is 22.7 Å². The summed E-state index contributed by atoms with van der Waals surface area (Å²) in [5.41, 5.74) is 5.89. The minimum atomic E-state index is -5.08. The molecule has 160 valence electrons. The van der Waals surface area contributed by atoms with E-state index >= 15 is 0 Å². The number of aliphatic carboxylic acids is 1. The molecular formula is C20H18F3NO6. The third kappa shape index (κ3) is 3.36. The van der Waals surface area contributed by atoms with Crippen LogP contribution in [0.3, 0.4) is 0 Å². The molecule has 3 aliphatic rings. The highest BCUT2D eigenvalue weighted by atomic mass is 19.4. The molecule has 5 rings (SSSR count). The second-order valence-electron chi connectivity index (χ2n) is 7.00. The first kappa shape index (κ1) is 20.1. The predicted octanol–water partition coefficient (Wildman–Crippen LogP) is 3.17. The average Bonchev–Trinajstić information content (AvgIpc) is 3.15. The molecule has 0 aromatic heterocycles. The van der Waals surface area contributed by atoms with E-state index in [-0.39, 0.29) is 18.6 Å². The van der Waals surface area contributed by atoms with Crippen molar-refractivity contribution in [2.24, 2.45) is 0 Å². The first-order valence-corrected chi connectivity index (χ1v) is 9.09. The van der Waals surface area contributed by atoms with Gasteiger partial charge >= 0.3 is 12.1 Å². The van der Waals surface area contributed by atoms with E-state index in [9.17, 15) is 18.3 Å². The van der Waals surface area contributed by atoms with Crippen LogP contribution in [0.15, 0.2) is 18.2 Å². The summed E-state index contributed by atoms with van der Waals surface area (Å²) in [7, 11) is 1.57. The Kier molecular flexibility index (Phi) is 4.89. The second kappa shape index (κ2) is 7.28. The number of phenols is 1. The van der Waals surface area contributed by atoms with Gasteiger partial charge in [0.25, 0.3) is 0 Å². The van der Waals surface area contributed by atoms with Crippen LogP contribution >= 0.6 is 0 Å². The highest BCUT2D eigenvalue weighted by molar-refractivity contribution is 5.85. The zero-order valence-electron chi connectivity index (χ0n) is 15.8. The third-order valence-corrected chi connectivity index (χ3v) is 5.26. The van der Waals surface area contributed by atoms with E-state index < -0.39 is 12.1 Å². The van der Waals surface area contributed by atoms with Gasteiger partial charge in [-0.1, -0.05) is 0 Å². The topological polar surface area (TPSA) is 97.3 Å². The minimum absolute atomic E-state index is 0.176. The van der Waals surface area contributed by atoms with Gasteiger partial charge in [0.05, 0.1) is 7.11 Å². The molecular weight excluding hydrogens is 407 g/mol. The van der Waals surface area contributed by atoms with Crippen molar-refractivity contribution in [2.75, 3.05) is 20.4 Å². The van der Waals surface area contributed by atoms with Crippen LogP contribution in [-0.2, 0) is 17.6 Å². The summed E-state index contributed by atoms with van der Waals surface area (Å²) >= 11 is 0. The molecule has 3 N–H and O–H groups in total. The summed E-state index contributed by atoms with van der Waals surface area (Å²) in [6.07, 6.45) is -3.24. The van der Waals surface area contributed by atoms with E-state index in [0.29, 0.717) is 5.75 Å². The highest BCUT2D eigenvalue weighted by Gasteiger charge is 2.38. The quantitative estimate of drug-likeness (QED) is 0.646. The van der Waals surface area contributed by atoms with Crippen molar-refractivity contribution in [3.05, 3.63) is 34.9 Å². The lowest BCUT2D eigenvalue weighted by atomic mass is 9.77. The van der Waals surface area contributed by atoms with Gasteiger partial charge in [0.1, 0.15) is 0 Å². The first-order valence-electron chi connectivity index (χ1n) is 9.09. The van der Waals surface area contributed by atoms with Crippen molar-refractivity contribution < 1.29 is 42.4 Å². The molecule has 0 amide bonds. The van der Waals surface area contributed by atoms with Gasteiger partial charge in [0.2, 0.25) is 6.79 Å². The molecule has 2 heterocycles. The standard InChI is InChI=1S/C18H17NO4.C2HF3O2/c1-21-14-7-11-10(5-13(14)20)4-12-16-9(2-3-19-12)6-15-18(17(11)16)23-8-22-15;3-2(4,5)1(6)7/h5-7,12,19-20H,2-4,8H2,1H3;(H,6,7)/t12-;/m1./s1. The number of aromatic hydroxyl groups is 1. The van der Waals surface area contributed by atoms with Gasteiger partial charge in [-0.15, -0.1) is 0 Å². The summed E-state index contributed by atoms with van der Waals surface area (Å²) in [5.74, 6) is -0.468. The Balaban J connectivity index is 0.000000272. The van der Waals surface area contributed by atoms with Crippen LogP contribution in [0, 0.1) is 0 Å². The maximum Gasteiger partial charge on any atom is 0.490 e. The smallest absolute Gasteiger partial charge is 0.490 e. The fraction of sp³-hybridized carbons (Fsp3) is 0.350. The maximum absolute atomic E-state index is 10.6. The molecule has 1 aliphatic carbocycles. The van der Waals surface area contributed by atoms with Gasteiger partial charge in [0.15, 0.2) is 23.0 Å². The van der Waals surface area contributed by atoms with E-state index in [1.807, 2.05) is 12.1 Å². The molecule has 0 saturated heterocycles. The summed E-state index contributed by atoms with van der Waals surface area (Å²) in [6, 6.07) is 6.09. The predicted molar refractivity (Wildman–Crippen MR) is 98.1 cm³/mol. The average molecular weight is 425 g/mol. The monoisotopic (exact) mass is 425 g/mol. The molecule has 30 heavy (non-hydrogen) atoms. The summed E-state index contributed by atoms with van der Waals surface area (Å²) < 4.78 is 48.5. The molecule has 0 bridgehead atoms. The largest absolute Gasteiger partial charge is 0.504 e. The number of benzene rings is 2. The number of rotatable bonds is 1. The Morgan fingerprint density at radius 2 is 1.97 bits per heavy atom. The van der Waals surface area contributed by atoms with Crippen molar-refractivity contribution in [3.8, 4) is 34.1 Å². The lowest BCUT2D eigenvalue weighted by Gasteiger charge is -2.35. The number of carbonyl (C=O) groups is 1. The Bertz CT molecular complexity index is 1020. The van der Waals surface area contributed by atoms with E-state index in [4.69, 9.17) is 24.1 Å². The first-order chi connectivity index (χ1) is 14.2. The molecule has 1 atom stereocenters. The van der Waals surface area contributed by atoms with Gasteiger partial charge in [0, 0.05) is 11.6 Å². The van der Waals surface area contributed by atoms with Crippen LogP contribution in [0.2, 0.25) is 0 Å². The van der Waals surface area contributed by atoms with Gasteiger partial charge < -0.3 is 29.7 Å². The van der Waals surface area contributed by atoms with Crippen molar-refractivity contribution in [2.45, 2.75) is 25.1 Å². The fourth-order valence-corrected chi connectivity index (χ4v) is 4.04. The number of nitrogens with one attached hydrogen (secondary N) is 1. The van der Waals surface area contributed by atoms with Crippen LogP contribution in [0.25, 0.3) is 11.1 Å². The van der Waals surface area contributed by atoms with Gasteiger partial charge in [-0.3, -0.25) is 0 Å². The molecule has 0 unspecified atom stereocenters. The molecule has 7 nitrogen and oxygen atoms in total. The molecule has 0 fully saturated rings. The summed E-state index contributed by atoms with van der Waals surface area (Å²) in [5, 5.41) is 20.8.